The van der Waals surface area contributed by atoms with Crippen molar-refractivity contribution in [3.63, 3.8) is 0 Å². The van der Waals surface area contributed by atoms with E-state index in [1.54, 1.807) is 6.08 Å². The lowest BCUT2D eigenvalue weighted by Gasteiger charge is -2.31. The minimum absolute atomic E-state index is 0.0657. The Morgan fingerprint density at radius 3 is 2.32 bits per heavy atom. The molecule has 47 heavy (non-hydrogen) atoms. The van der Waals surface area contributed by atoms with Crippen molar-refractivity contribution in [2.24, 2.45) is 11.8 Å². The molecule has 12 nitrogen and oxygen atoms in total. The van der Waals surface area contributed by atoms with Gasteiger partial charge in [0.2, 0.25) is 11.8 Å². The first-order valence-corrected chi connectivity index (χ1v) is 15.5. The summed E-state index contributed by atoms with van der Waals surface area (Å²) in [5.74, 6) is -3.74. The van der Waals surface area contributed by atoms with Gasteiger partial charge in [-0.2, -0.15) is 13.2 Å². The number of rotatable bonds is 13. The molecule has 5 rings (SSSR count). The number of fused-ring (bicyclic) bond motifs is 1. The minimum Gasteiger partial charge on any atom is -0.456 e. The van der Waals surface area contributed by atoms with Crippen molar-refractivity contribution in [3.8, 4) is 0 Å². The number of carbonyl (C=O) groups is 4. The first kappa shape index (κ1) is 34.5. The van der Waals surface area contributed by atoms with Crippen molar-refractivity contribution in [3.05, 3.63) is 53.1 Å². The SMILES string of the molecule is CC(O)C(NC(=O)C1=CC2OC(C3CC3)(C3CC3)OC2C(OC(=O)c2ccc(C=CC(=O)OCC(F)(F)F)cc2)C1)C(=O)NCCO. The van der Waals surface area contributed by atoms with Crippen molar-refractivity contribution in [2.75, 3.05) is 19.8 Å². The predicted octanol–water partition coefficient (Wildman–Crippen LogP) is 1.94. The largest absolute Gasteiger partial charge is 0.456 e. The van der Waals surface area contributed by atoms with Crippen molar-refractivity contribution in [1.29, 1.82) is 0 Å². The van der Waals surface area contributed by atoms with Crippen LogP contribution in [0.25, 0.3) is 6.08 Å². The fraction of sp³-hybridized carbons (Fsp3) is 0.562. The summed E-state index contributed by atoms with van der Waals surface area (Å²) in [7, 11) is 0. The van der Waals surface area contributed by atoms with Gasteiger partial charge in [-0.25, -0.2) is 9.59 Å². The van der Waals surface area contributed by atoms with Crippen LogP contribution in [0.5, 0.6) is 0 Å². The quantitative estimate of drug-likeness (QED) is 0.180. The molecule has 5 unspecified atom stereocenters. The van der Waals surface area contributed by atoms with E-state index in [9.17, 15) is 37.5 Å². The van der Waals surface area contributed by atoms with Gasteiger partial charge in [0.15, 0.2) is 12.4 Å². The maximum atomic E-state index is 13.4. The first-order chi connectivity index (χ1) is 22.3. The Labute approximate surface area is 268 Å². The topological polar surface area (TPSA) is 170 Å². The van der Waals surface area contributed by atoms with E-state index in [0.717, 1.165) is 31.8 Å². The number of aliphatic hydroxyl groups excluding tert-OH is 2. The third kappa shape index (κ3) is 8.58. The molecule has 2 saturated carbocycles. The lowest BCUT2D eigenvalue weighted by atomic mass is 9.91. The molecule has 0 aromatic heterocycles. The molecule has 5 atom stereocenters. The number of alkyl halides is 3. The van der Waals surface area contributed by atoms with E-state index in [1.165, 1.54) is 37.3 Å². The molecule has 1 aromatic carbocycles. The Morgan fingerprint density at radius 1 is 1.09 bits per heavy atom. The van der Waals surface area contributed by atoms with Crippen molar-refractivity contribution in [1.82, 2.24) is 10.6 Å². The van der Waals surface area contributed by atoms with Crippen molar-refractivity contribution < 1.29 is 61.5 Å². The lowest BCUT2D eigenvalue weighted by molar-refractivity contribution is -0.209. The first-order valence-electron chi connectivity index (χ1n) is 15.5. The van der Waals surface area contributed by atoms with E-state index in [4.69, 9.17) is 19.3 Å². The summed E-state index contributed by atoms with van der Waals surface area (Å²) < 4.78 is 59.8. The maximum absolute atomic E-state index is 13.4. The van der Waals surface area contributed by atoms with Crippen molar-refractivity contribution in [2.45, 2.75) is 81.4 Å². The molecule has 0 spiro atoms. The molecule has 4 N–H and O–H groups in total. The summed E-state index contributed by atoms with van der Waals surface area (Å²) in [6.45, 7) is -0.758. The second kappa shape index (κ2) is 14.1. The van der Waals surface area contributed by atoms with Gasteiger partial charge in [-0.3, -0.25) is 9.59 Å². The van der Waals surface area contributed by atoms with Crippen LogP contribution >= 0.6 is 0 Å². The van der Waals surface area contributed by atoms with Crippen LogP contribution in [0.1, 0.15) is 54.9 Å². The highest BCUT2D eigenvalue weighted by Gasteiger charge is 2.64. The molecule has 4 aliphatic rings. The Kier molecular flexibility index (Phi) is 10.4. The maximum Gasteiger partial charge on any atom is 0.422 e. The fourth-order valence-corrected chi connectivity index (χ4v) is 5.80. The zero-order valence-corrected chi connectivity index (χ0v) is 25.5. The number of amides is 2. The molecule has 1 aromatic rings. The molecule has 1 saturated heterocycles. The molecule has 0 radical (unpaired) electrons. The second-order valence-electron chi connectivity index (χ2n) is 12.2. The van der Waals surface area contributed by atoms with Gasteiger partial charge in [0.05, 0.1) is 18.3 Å². The highest BCUT2D eigenvalue weighted by molar-refractivity contribution is 5.97. The number of carbonyl (C=O) groups excluding carboxylic acids is 4. The highest BCUT2D eigenvalue weighted by Crippen LogP contribution is 2.59. The Hall–Kier alpha value is -3.79. The van der Waals surface area contributed by atoms with Gasteiger partial charge in [0.25, 0.3) is 0 Å². The molecular weight excluding hydrogens is 629 g/mol. The van der Waals surface area contributed by atoms with Gasteiger partial charge in [0.1, 0.15) is 24.4 Å². The van der Waals surface area contributed by atoms with Crippen LogP contribution in [-0.4, -0.2) is 96.1 Å². The minimum atomic E-state index is -4.64. The van der Waals surface area contributed by atoms with Crippen LogP contribution in [0.2, 0.25) is 0 Å². The average Bonchev–Trinajstić information content (AvgIpc) is 3.97. The number of aliphatic hydroxyl groups is 2. The number of halogens is 3. The summed E-state index contributed by atoms with van der Waals surface area (Å²) >= 11 is 0. The third-order valence-corrected chi connectivity index (χ3v) is 8.36. The van der Waals surface area contributed by atoms with E-state index < -0.39 is 72.8 Å². The number of hydrogen-bond donors (Lipinski definition) is 4. The monoisotopic (exact) mass is 666 g/mol. The van der Waals surface area contributed by atoms with E-state index in [-0.39, 0.29) is 42.5 Å². The smallest absolute Gasteiger partial charge is 0.422 e. The van der Waals surface area contributed by atoms with Crippen LogP contribution < -0.4 is 10.6 Å². The van der Waals surface area contributed by atoms with Gasteiger partial charge >= 0.3 is 18.1 Å². The standard InChI is InChI=1S/C32H37F3N2O10/c1-17(39)26(29(42)36-12-13-38)37-28(41)20-14-23(27-24(15-20)46-32(47-27,21-7-8-21)22-9-10-22)45-30(43)19-5-2-18(3-6-19)4-11-25(40)44-16-31(33,34)35/h2-6,11,15,17,21-24,26-27,38-39H,7-10,12-14,16H2,1H3,(H,36,42)(H,37,41). The summed E-state index contributed by atoms with van der Waals surface area (Å²) in [5, 5.41) is 24.2. The second-order valence-corrected chi connectivity index (χ2v) is 12.2. The third-order valence-electron chi connectivity index (χ3n) is 8.36. The van der Waals surface area contributed by atoms with Gasteiger partial charge in [-0.1, -0.05) is 12.1 Å². The Balaban J connectivity index is 1.30. The molecule has 3 aliphatic carbocycles. The van der Waals surface area contributed by atoms with Crippen molar-refractivity contribution >= 4 is 29.8 Å². The molecule has 256 valence electrons. The number of esters is 2. The summed E-state index contributed by atoms with van der Waals surface area (Å²) in [5.41, 5.74) is 0.712. The lowest BCUT2D eigenvalue weighted by Crippen LogP contribution is -2.54. The predicted molar refractivity (Wildman–Crippen MR) is 156 cm³/mol. The van der Waals surface area contributed by atoms with Gasteiger partial charge < -0.3 is 39.8 Å². The molecule has 15 heteroatoms. The molecular formula is C32H37F3N2O10. The molecule has 2 amide bonds. The van der Waals surface area contributed by atoms with E-state index in [0.29, 0.717) is 5.56 Å². The molecule has 1 heterocycles. The fourth-order valence-electron chi connectivity index (χ4n) is 5.80. The van der Waals surface area contributed by atoms with Crippen LogP contribution in [0, 0.1) is 11.8 Å². The van der Waals surface area contributed by atoms with Gasteiger partial charge in [-0.15, -0.1) is 0 Å². The molecule has 0 bridgehead atoms. The number of nitrogens with one attached hydrogen (secondary N) is 2. The average molecular weight is 667 g/mol. The summed E-state index contributed by atoms with van der Waals surface area (Å²) in [6, 6.07) is 4.44. The van der Waals surface area contributed by atoms with Crippen LogP contribution in [0.15, 0.2) is 42.0 Å². The van der Waals surface area contributed by atoms with Crippen LogP contribution in [0.4, 0.5) is 13.2 Å². The van der Waals surface area contributed by atoms with E-state index >= 15 is 0 Å². The summed E-state index contributed by atoms with van der Waals surface area (Å²) in [4.78, 5) is 50.8. The number of ether oxygens (including phenoxy) is 4. The summed E-state index contributed by atoms with van der Waals surface area (Å²) in [6.07, 6.45) is -0.951. The van der Waals surface area contributed by atoms with Gasteiger partial charge in [0, 0.05) is 36.5 Å². The van der Waals surface area contributed by atoms with E-state index in [1.807, 2.05) is 0 Å². The van der Waals surface area contributed by atoms with Crippen LogP contribution in [0.3, 0.4) is 0 Å². The Bertz CT molecular complexity index is 1390. The van der Waals surface area contributed by atoms with Crippen LogP contribution in [-0.2, 0) is 33.3 Å². The number of benzene rings is 1. The zero-order chi connectivity index (χ0) is 33.9. The molecule has 1 aliphatic heterocycles. The number of hydrogen-bond acceptors (Lipinski definition) is 10. The highest BCUT2D eigenvalue weighted by atomic mass is 19.4. The van der Waals surface area contributed by atoms with E-state index in [2.05, 4.69) is 15.4 Å². The van der Waals surface area contributed by atoms with Gasteiger partial charge in [-0.05, 0) is 62.5 Å². The zero-order valence-electron chi connectivity index (χ0n) is 25.5. The molecule has 3 fully saturated rings. The Morgan fingerprint density at radius 2 is 1.74 bits per heavy atom. The normalized spacial score (nSPS) is 24.9.